The van der Waals surface area contributed by atoms with Crippen LogP contribution in [0.3, 0.4) is 0 Å². The second kappa shape index (κ2) is 14.7. The first-order valence-corrected chi connectivity index (χ1v) is 11.4. The number of guanidine groups is 1. The summed E-state index contributed by atoms with van der Waals surface area (Å²) >= 11 is 6.16. The maximum Gasteiger partial charge on any atom is 0.194 e. The summed E-state index contributed by atoms with van der Waals surface area (Å²) in [6, 6.07) is 7.96. The summed E-state index contributed by atoms with van der Waals surface area (Å²) in [5.74, 6) is 1.89. The van der Waals surface area contributed by atoms with Gasteiger partial charge in [-0.1, -0.05) is 30.7 Å². The zero-order chi connectivity index (χ0) is 21.9. The van der Waals surface area contributed by atoms with Gasteiger partial charge in [0.15, 0.2) is 5.96 Å². The summed E-state index contributed by atoms with van der Waals surface area (Å²) in [5, 5.41) is 12.4. The number of rotatable bonds is 10. The number of ether oxygens (including phenoxy) is 1. The molecule has 10 heteroatoms. The Morgan fingerprint density at radius 1 is 1.28 bits per heavy atom. The molecule has 1 aliphatic heterocycles. The maximum atomic E-state index is 6.16. The summed E-state index contributed by atoms with van der Waals surface area (Å²) in [6.07, 6.45) is 3.69. The molecule has 1 aliphatic rings. The highest BCUT2D eigenvalue weighted by atomic mass is 127. The fourth-order valence-corrected chi connectivity index (χ4v) is 3.84. The van der Waals surface area contributed by atoms with E-state index < -0.39 is 0 Å². The zero-order valence-electron chi connectivity index (χ0n) is 19.0. The highest BCUT2D eigenvalue weighted by molar-refractivity contribution is 14.0. The molecule has 3 rings (SSSR count). The lowest BCUT2D eigenvalue weighted by Gasteiger charge is -2.26. The third-order valence-electron chi connectivity index (χ3n) is 5.32. The average Bonchev–Trinajstić information content (AvgIpc) is 3.23. The smallest absolute Gasteiger partial charge is 0.194 e. The Morgan fingerprint density at radius 3 is 2.84 bits per heavy atom. The van der Waals surface area contributed by atoms with Crippen molar-refractivity contribution in [3.63, 3.8) is 0 Å². The van der Waals surface area contributed by atoms with Gasteiger partial charge in [-0.15, -0.1) is 34.2 Å². The molecule has 1 aromatic heterocycles. The Bertz CT molecular complexity index is 826. The van der Waals surface area contributed by atoms with E-state index in [9.17, 15) is 0 Å². The second-order valence-corrected chi connectivity index (χ2v) is 8.16. The van der Waals surface area contributed by atoms with Crippen molar-refractivity contribution in [2.24, 2.45) is 4.99 Å². The van der Waals surface area contributed by atoms with E-state index in [0.717, 1.165) is 94.2 Å². The number of aliphatic imine (C=N–C) groups is 1. The van der Waals surface area contributed by atoms with Gasteiger partial charge in [-0.2, -0.15) is 0 Å². The summed E-state index contributed by atoms with van der Waals surface area (Å²) < 4.78 is 7.51. The van der Waals surface area contributed by atoms with Crippen molar-refractivity contribution in [3.8, 4) is 0 Å². The highest BCUT2D eigenvalue weighted by Gasteiger charge is 2.11. The standard InChI is InChI=1S/C22H34ClN7O.HI/c1-3-21-27-26-18-30(21)11-9-25-22(24-8-5-10-29-12-14-31-15-13-29)28(2)17-19-6-4-7-20(23)16-19;/h4,6-7,16,18H,3,5,8-15,17H2,1-2H3,(H,24,25);1H. The lowest BCUT2D eigenvalue weighted by molar-refractivity contribution is 0.0377. The number of aryl methyl sites for hydroxylation is 1. The molecule has 0 bridgehead atoms. The molecule has 178 valence electrons. The molecule has 0 saturated carbocycles. The van der Waals surface area contributed by atoms with Crippen molar-refractivity contribution in [1.29, 1.82) is 0 Å². The summed E-state index contributed by atoms with van der Waals surface area (Å²) in [6.45, 7) is 9.93. The van der Waals surface area contributed by atoms with Crippen molar-refractivity contribution in [1.82, 2.24) is 29.9 Å². The van der Waals surface area contributed by atoms with Crippen molar-refractivity contribution in [2.45, 2.75) is 32.9 Å². The molecule has 1 aromatic carbocycles. The van der Waals surface area contributed by atoms with E-state index in [0.29, 0.717) is 0 Å². The summed E-state index contributed by atoms with van der Waals surface area (Å²) in [7, 11) is 2.06. The molecule has 0 radical (unpaired) electrons. The number of hydrogen-bond acceptors (Lipinski definition) is 5. The van der Waals surface area contributed by atoms with E-state index in [1.165, 1.54) is 0 Å². The molecule has 1 N–H and O–H groups in total. The molecule has 2 heterocycles. The summed E-state index contributed by atoms with van der Waals surface area (Å²) in [5.41, 5.74) is 1.16. The number of halogens is 2. The van der Waals surface area contributed by atoms with Crippen LogP contribution in [0.4, 0.5) is 0 Å². The normalized spacial score (nSPS) is 14.8. The van der Waals surface area contributed by atoms with Crippen molar-refractivity contribution in [2.75, 3.05) is 53.0 Å². The van der Waals surface area contributed by atoms with Crippen LogP contribution in [0.5, 0.6) is 0 Å². The quantitative estimate of drug-likeness (QED) is 0.203. The first-order valence-electron chi connectivity index (χ1n) is 11.1. The third kappa shape index (κ3) is 8.84. The zero-order valence-corrected chi connectivity index (χ0v) is 22.1. The monoisotopic (exact) mass is 575 g/mol. The second-order valence-electron chi connectivity index (χ2n) is 7.72. The molecule has 0 atom stereocenters. The number of benzene rings is 1. The van der Waals surface area contributed by atoms with Crippen LogP contribution in [0.15, 0.2) is 35.6 Å². The number of aromatic nitrogens is 3. The van der Waals surface area contributed by atoms with Crippen molar-refractivity contribution < 1.29 is 4.74 Å². The van der Waals surface area contributed by atoms with Gasteiger partial charge in [-0.25, -0.2) is 0 Å². The van der Waals surface area contributed by atoms with Crippen LogP contribution in [0.1, 0.15) is 24.7 Å². The number of hydrogen-bond donors (Lipinski definition) is 1. The van der Waals surface area contributed by atoms with Crippen LogP contribution in [0.25, 0.3) is 0 Å². The Morgan fingerprint density at radius 2 is 2.09 bits per heavy atom. The molecule has 0 amide bonds. The predicted molar refractivity (Wildman–Crippen MR) is 140 cm³/mol. The molecule has 1 saturated heterocycles. The largest absolute Gasteiger partial charge is 0.379 e. The van der Waals surface area contributed by atoms with Gasteiger partial charge < -0.3 is 19.5 Å². The van der Waals surface area contributed by atoms with Gasteiger partial charge in [0.2, 0.25) is 0 Å². The van der Waals surface area contributed by atoms with Crippen LogP contribution in [0, 0.1) is 0 Å². The van der Waals surface area contributed by atoms with E-state index >= 15 is 0 Å². The van der Waals surface area contributed by atoms with Crippen LogP contribution in [-0.2, 0) is 24.2 Å². The number of nitrogens with one attached hydrogen (secondary N) is 1. The van der Waals surface area contributed by atoms with Gasteiger partial charge in [0, 0.05) is 64.3 Å². The minimum Gasteiger partial charge on any atom is -0.379 e. The Labute approximate surface area is 213 Å². The third-order valence-corrected chi connectivity index (χ3v) is 5.55. The lowest BCUT2D eigenvalue weighted by atomic mass is 10.2. The van der Waals surface area contributed by atoms with Crippen molar-refractivity contribution >= 4 is 41.5 Å². The fourth-order valence-electron chi connectivity index (χ4n) is 3.63. The van der Waals surface area contributed by atoms with Crippen LogP contribution in [0.2, 0.25) is 5.02 Å². The molecule has 2 aromatic rings. The maximum absolute atomic E-state index is 6.16. The first kappa shape index (κ1) is 26.8. The Kier molecular flexibility index (Phi) is 12.3. The van der Waals surface area contributed by atoms with E-state index in [4.69, 9.17) is 21.3 Å². The Balaban J connectivity index is 0.00000363. The molecule has 8 nitrogen and oxygen atoms in total. The molecule has 0 spiro atoms. The van der Waals surface area contributed by atoms with Crippen molar-refractivity contribution in [3.05, 3.63) is 47.0 Å². The van der Waals surface area contributed by atoms with E-state index in [1.54, 1.807) is 6.33 Å². The predicted octanol–water partition coefficient (Wildman–Crippen LogP) is 2.91. The van der Waals surface area contributed by atoms with Gasteiger partial charge >= 0.3 is 0 Å². The van der Waals surface area contributed by atoms with Gasteiger partial charge in [0.1, 0.15) is 12.2 Å². The van der Waals surface area contributed by atoms with Crippen LogP contribution < -0.4 is 5.32 Å². The Hall–Kier alpha value is -1.43. The van der Waals surface area contributed by atoms with E-state index in [2.05, 4.69) is 49.9 Å². The molecular formula is C22H35ClIN7O. The van der Waals surface area contributed by atoms with Gasteiger partial charge in [-0.3, -0.25) is 9.89 Å². The van der Waals surface area contributed by atoms with E-state index in [1.807, 2.05) is 18.2 Å². The van der Waals surface area contributed by atoms with E-state index in [-0.39, 0.29) is 24.0 Å². The topological polar surface area (TPSA) is 70.8 Å². The number of nitrogens with zero attached hydrogens (tertiary/aromatic N) is 6. The average molecular weight is 576 g/mol. The molecule has 32 heavy (non-hydrogen) atoms. The molecule has 1 fully saturated rings. The number of morpholine rings is 1. The SMILES string of the molecule is CCc1nncn1CCNC(=NCCCN1CCOCC1)N(C)Cc1cccc(Cl)c1.I. The molecule has 0 unspecified atom stereocenters. The lowest BCUT2D eigenvalue weighted by Crippen LogP contribution is -2.40. The van der Waals surface area contributed by atoms with Crippen LogP contribution in [-0.4, -0.2) is 83.5 Å². The fraction of sp³-hybridized carbons (Fsp3) is 0.591. The first-order chi connectivity index (χ1) is 15.2. The van der Waals surface area contributed by atoms with Gasteiger partial charge in [0.05, 0.1) is 13.2 Å². The minimum absolute atomic E-state index is 0. The van der Waals surface area contributed by atoms with Gasteiger partial charge in [0.25, 0.3) is 0 Å². The highest BCUT2D eigenvalue weighted by Crippen LogP contribution is 2.12. The van der Waals surface area contributed by atoms with Crippen LogP contribution >= 0.6 is 35.6 Å². The molecule has 0 aliphatic carbocycles. The summed E-state index contributed by atoms with van der Waals surface area (Å²) in [4.78, 5) is 9.48. The molecular weight excluding hydrogens is 541 g/mol. The van der Waals surface area contributed by atoms with Gasteiger partial charge in [-0.05, 0) is 24.1 Å². The minimum atomic E-state index is 0.